The summed E-state index contributed by atoms with van der Waals surface area (Å²) >= 11 is 5.28. The minimum Gasteiger partial charge on any atom is -0.481 e. The van der Waals surface area contributed by atoms with Crippen LogP contribution in [0.15, 0.2) is 48.5 Å². The van der Waals surface area contributed by atoms with Crippen molar-refractivity contribution < 1.29 is 14.7 Å². The Labute approximate surface area is 154 Å². The topological polar surface area (TPSA) is 67.3 Å². The summed E-state index contributed by atoms with van der Waals surface area (Å²) < 4.78 is 0.914. The van der Waals surface area contributed by atoms with Crippen molar-refractivity contribution in [3.63, 3.8) is 0 Å². The van der Waals surface area contributed by atoms with Gasteiger partial charge in [0.1, 0.15) is 5.01 Å². The van der Waals surface area contributed by atoms with E-state index in [4.69, 9.17) is 0 Å². The second-order valence-corrected chi connectivity index (χ2v) is 7.87. The maximum Gasteiger partial charge on any atom is 0.310 e. The maximum atomic E-state index is 12.1. The lowest BCUT2D eigenvalue weighted by Gasteiger charge is -2.25. The van der Waals surface area contributed by atoms with Crippen LogP contribution >= 0.6 is 24.0 Å². The summed E-state index contributed by atoms with van der Waals surface area (Å²) in [6, 6.07) is 15.7. The van der Waals surface area contributed by atoms with Gasteiger partial charge in [-0.05, 0) is 25.5 Å². The Morgan fingerprint density at radius 3 is 2.40 bits per heavy atom. The first-order valence-electron chi connectivity index (χ1n) is 7.73. The van der Waals surface area contributed by atoms with Gasteiger partial charge >= 0.3 is 5.97 Å². The predicted molar refractivity (Wildman–Crippen MR) is 103 cm³/mol. The van der Waals surface area contributed by atoms with Gasteiger partial charge in [-0.25, -0.2) is 4.98 Å². The van der Waals surface area contributed by atoms with Crippen molar-refractivity contribution in [3.05, 3.63) is 53.5 Å². The Kier molecular flexibility index (Phi) is 4.67. The molecule has 25 heavy (non-hydrogen) atoms. The molecule has 128 valence electrons. The van der Waals surface area contributed by atoms with Gasteiger partial charge < -0.3 is 5.11 Å². The molecule has 0 aliphatic rings. The summed E-state index contributed by atoms with van der Waals surface area (Å²) in [5.41, 5.74) is 1.46. The van der Waals surface area contributed by atoms with Gasteiger partial charge in [-0.15, -0.1) is 24.0 Å². The third-order valence-corrected chi connectivity index (χ3v) is 5.63. The van der Waals surface area contributed by atoms with Crippen LogP contribution in [0.4, 0.5) is 0 Å². The number of carbonyl (C=O) groups excluding carboxylic acids is 1. The fourth-order valence-electron chi connectivity index (χ4n) is 2.79. The van der Waals surface area contributed by atoms with E-state index < -0.39 is 22.4 Å². The van der Waals surface area contributed by atoms with Crippen molar-refractivity contribution in [2.75, 3.05) is 0 Å². The Hall–Kier alpha value is -2.18. The molecule has 1 heterocycles. The molecular formula is C19H17NO3S2. The molecule has 0 radical (unpaired) electrons. The molecule has 1 atom stereocenters. The minimum absolute atomic E-state index is 0.478. The minimum atomic E-state index is -1.29. The smallest absolute Gasteiger partial charge is 0.310 e. The number of carboxylic acid groups (broad SMARTS) is 1. The van der Waals surface area contributed by atoms with Gasteiger partial charge in [-0.3, -0.25) is 9.59 Å². The SMILES string of the molecule is CC(C)(C(=O)O)C(C(=O)S)c1nc2c(-c3ccccc3)cccc2s1. The number of hydrogen-bond donors (Lipinski definition) is 2. The van der Waals surface area contributed by atoms with E-state index in [1.54, 1.807) is 0 Å². The second-order valence-electron chi connectivity index (χ2n) is 6.37. The van der Waals surface area contributed by atoms with E-state index >= 15 is 0 Å². The molecule has 0 amide bonds. The zero-order chi connectivity index (χ0) is 18.2. The number of thiol groups is 1. The van der Waals surface area contributed by atoms with E-state index in [0.717, 1.165) is 21.3 Å². The molecular weight excluding hydrogens is 354 g/mol. The Bertz CT molecular complexity index is 948. The van der Waals surface area contributed by atoms with E-state index in [9.17, 15) is 14.7 Å². The lowest BCUT2D eigenvalue weighted by atomic mass is 9.80. The Morgan fingerprint density at radius 2 is 1.80 bits per heavy atom. The molecule has 0 aliphatic heterocycles. The fraction of sp³-hybridized carbons (Fsp3) is 0.211. The van der Waals surface area contributed by atoms with Gasteiger partial charge in [-0.2, -0.15) is 0 Å². The molecule has 1 unspecified atom stereocenters. The highest BCUT2D eigenvalue weighted by atomic mass is 32.1. The van der Waals surface area contributed by atoms with Crippen molar-refractivity contribution >= 4 is 45.3 Å². The Balaban J connectivity index is 2.19. The number of aliphatic carboxylic acids is 1. The van der Waals surface area contributed by atoms with Crippen LogP contribution in [0.1, 0.15) is 24.8 Å². The quantitative estimate of drug-likeness (QED) is 0.643. The van der Waals surface area contributed by atoms with E-state index in [0.29, 0.717) is 5.01 Å². The fourth-order valence-corrected chi connectivity index (χ4v) is 4.60. The lowest BCUT2D eigenvalue weighted by molar-refractivity contribution is -0.149. The first kappa shape index (κ1) is 17.6. The summed E-state index contributed by atoms with van der Waals surface area (Å²) in [7, 11) is 0. The van der Waals surface area contributed by atoms with Crippen LogP contribution in [-0.2, 0) is 9.59 Å². The van der Waals surface area contributed by atoms with Crippen molar-refractivity contribution in [1.82, 2.24) is 4.98 Å². The van der Waals surface area contributed by atoms with Gasteiger partial charge in [0.15, 0.2) is 5.12 Å². The number of nitrogens with zero attached hydrogens (tertiary/aromatic N) is 1. The van der Waals surface area contributed by atoms with E-state index in [2.05, 4.69) is 17.6 Å². The normalized spacial score (nSPS) is 12.9. The second kappa shape index (κ2) is 6.61. The van der Waals surface area contributed by atoms with E-state index in [1.165, 1.54) is 25.2 Å². The van der Waals surface area contributed by atoms with E-state index in [1.807, 2.05) is 48.5 Å². The predicted octanol–water partition coefficient (Wildman–Crippen LogP) is 4.61. The number of carbonyl (C=O) groups is 2. The molecule has 0 aliphatic carbocycles. The number of rotatable bonds is 5. The molecule has 3 aromatic rings. The Morgan fingerprint density at radius 1 is 1.12 bits per heavy atom. The monoisotopic (exact) mass is 371 g/mol. The first-order chi connectivity index (χ1) is 11.8. The van der Waals surface area contributed by atoms with Crippen LogP contribution in [0.25, 0.3) is 21.3 Å². The standard InChI is InChI=1S/C19H17NO3S2/c1-19(2,18(22)23)14(17(21)24)16-20-15-12(9-6-10-13(15)25-16)11-7-4-3-5-8-11/h3-10,14H,1-2H3,(H,21,24)(H,22,23). The highest BCUT2D eigenvalue weighted by molar-refractivity contribution is 7.96. The van der Waals surface area contributed by atoms with Gasteiger partial charge in [-0.1, -0.05) is 42.5 Å². The highest BCUT2D eigenvalue weighted by Gasteiger charge is 2.43. The summed E-state index contributed by atoms with van der Waals surface area (Å²) in [5, 5.41) is 9.50. The first-order valence-corrected chi connectivity index (χ1v) is 9.00. The van der Waals surface area contributed by atoms with Crippen molar-refractivity contribution in [1.29, 1.82) is 0 Å². The molecule has 0 bridgehead atoms. The van der Waals surface area contributed by atoms with Crippen molar-refractivity contribution in [2.24, 2.45) is 5.41 Å². The third kappa shape index (κ3) is 3.19. The average Bonchev–Trinajstić information content (AvgIpc) is 2.97. The average molecular weight is 371 g/mol. The summed E-state index contributed by atoms with van der Waals surface area (Å²) in [5.74, 6) is -1.96. The number of aromatic nitrogens is 1. The van der Waals surface area contributed by atoms with Gasteiger partial charge in [0.2, 0.25) is 0 Å². The van der Waals surface area contributed by atoms with Gasteiger partial charge in [0.05, 0.1) is 21.5 Å². The molecule has 0 saturated carbocycles. The van der Waals surface area contributed by atoms with Crippen LogP contribution < -0.4 is 0 Å². The van der Waals surface area contributed by atoms with Gasteiger partial charge in [0, 0.05) is 5.56 Å². The molecule has 1 N–H and O–H groups in total. The van der Waals surface area contributed by atoms with Gasteiger partial charge in [0.25, 0.3) is 0 Å². The molecule has 1 aromatic heterocycles. The van der Waals surface area contributed by atoms with Crippen LogP contribution in [0.2, 0.25) is 0 Å². The van der Waals surface area contributed by atoms with Crippen LogP contribution in [-0.4, -0.2) is 21.2 Å². The lowest BCUT2D eigenvalue weighted by Crippen LogP contribution is -2.34. The van der Waals surface area contributed by atoms with Crippen molar-refractivity contribution in [2.45, 2.75) is 19.8 Å². The largest absolute Gasteiger partial charge is 0.481 e. The summed E-state index contributed by atoms with van der Waals surface area (Å²) in [4.78, 5) is 28.4. The summed E-state index contributed by atoms with van der Waals surface area (Å²) in [6.45, 7) is 3.05. The number of hydrogen-bond acceptors (Lipinski definition) is 4. The molecule has 3 rings (SSSR count). The van der Waals surface area contributed by atoms with Crippen molar-refractivity contribution in [3.8, 4) is 11.1 Å². The molecule has 0 spiro atoms. The number of carboxylic acids is 1. The highest BCUT2D eigenvalue weighted by Crippen LogP contribution is 2.42. The zero-order valence-corrected chi connectivity index (χ0v) is 15.5. The molecule has 6 heteroatoms. The van der Waals surface area contributed by atoms with Crippen LogP contribution in [0.3, 0.4) is 0 Å². The maximum absolute atomic E-state index is 12.1. The van der Waals surface area contributed by atoms with E-state index in [-0.39, 0.29) is 0 Å². The number of fused-ring (bicyclic) bond motifs is 1. The number of para-hydroxylation sites is 1. The van der Waals surface area contributed by atoms with Crippen LogP contribution in [0, 0.1) is 5.41 Å². The number of thiazole rings is 1. The van der Waals surface area contributed by atoms with Crippen LogP contribution in [0.5, 0.6) is 0 Å². The zero-order valence-electron chi connectivity index (χ0n) is 13.8. The molecule has 0 fully saturated rings. The molecule has 4 nitrogen and oxygen atoms in total. The third-order valence-electron chi connectivity index (χ3n) is 4.29. The molecule has 0 saturated heterocycles. The number of benzene rings is 2. The molecule has 2 aromatic carbocycles. The summed E-state index contributed by atoms with van der Waals surface area (Å²) in [6.07, 6.45) is 0.